The summed E-state index contributed by atoms with van der Waals surface area (Å²) in [6.45, 7) is 2.18. The highest BCUT2D eigenvalue weighted by atomic mass is 16.2. The summed E-state index contributed by atoms with van der Waals surface area (Å²) in [4.78, 5) is 14.5. The van der Waals surface area contributed by atoms with Crippen molar-refractivity contribution in [3.63, 3.8) is 0 Å². The summed E-state index contributed by atoms with van der Waals surface area (Å²) >= 11 is 0. The fourth-order valence-electron chi connectivity index (χ4n) is 3.42. The number of benzene rings is 1. The van der Waals surface area contributed by atoms with Crippen molar-refractivity contribution in [1.29, 1.82) is 0 Å². The molecule has 0 radical (unpaired) electrons. The van der Waals surface area contributed by atoms with Gasteiger partial charge in [0.25, 0.3) is 0 Å². The third-order valence-corrected chi connectivity index (χ3v) is 5.06. The second kappa shape index (κ2) is 5.65. The van der Waals surface area contributed by atoms with Gasteiger partial charge in [-0.1, -0.05) is 17.3 Å². The van der Waals surface area contributed by atoms with E-state index in [-0.39, 0.29) is 12.5 Å². The van der Waals surface area contributed by atoms with Gasteiger partial charge in [-0.3, -0.25) is 4.79 Å². The molecule has 0 bridgehead atoms. The summed E-state index contributed by atoms with van der Waals surface area (Å²) in [6, 6.07) is 7.67. The molecule has 128 valence electrons. The molecule has 8 nitrogen and oxygen atoms in total. The van der Waals surface area contributed by atoms with E-state index in [4.69, 9.17) is 0 Å². The van der Waals surface area contributed by atoms with Gasteiger partial charge in [-0.15, -0.1) is 15.3 Å². The third kappa shape index (κ3) is 2.67. The molecule has 0 atom stereocenters. The van der Waals surface area contributed by atoms with Crippen molar-refractivity contribution < 1.29 is 4.79 Å². The topological polar surface area (TPSA) is 81.7 Å². The van der Waals surface area contributed by atoms with E-state index in [9.17, 15) is 4.79 Å². The lowest BCUT2D eigenvalue weighted by atomic mass is 10.2. The first-order chi connectivity index (χ1) is 12.3. The third-order valence-electron chi connectivity index (χ3n) is 5.06. The van der Waals surface area contributed by atoms with Crippen LogP contribution in [-0.4, -0.2) is 47.1 Å². The van der Waals surface area contributed by atoms with Crippen molar-refractivity contribution in [3.05, 3.63) is 35.9 Å². The zero-order valence-corrected chi connectivity index (χ0v) is 13.9. The molecule has 5 rings (SSSR count). The SMILES string of the molecule is O=C(Cn1nnc2ccccc21)N1CCn2c(CC3CC3)nnc2C1. The fourth-order valence-corrected chi connectivity index (χ4v) is 3.42. The largest absolute Gasteiger partial charge is 0.332 e. The number of hydrogen-bond donors (Lipinski definition) is 0. The first-order valence-corrected chi connectivity index (χ1v) is 8.75. The van der Waals surface area contributed by atoms with Gasteiger partial charge in [-0.25, -0.2) is 4.68 Å². The van der Waals surface area contributed by atoms with Crippen LogP contribution in [0.1, 0.15) is 24.5 Å². The Morgan fingerprint density at radius 1 is 1.12 bits per heavy atom. The Morgan fingerprint density at radius 3 is 2.88 bits per heavy atom. The Labute approximate surface area is 144 Å². The van der Waals surface area contributed by atoms with Crippen molar-refractivity contribution in [2.24, 2.45) is 5.92 Å². The van der Waals surface area contributed by atoms with E-state index in [1.54, 1.807) is 4.68 Å². The normalized spacial score (nSPS) is 17.0. The zero-order chi connectivity index (χ0) is 16.8. The van der Waals surface area contributed by atoms with Crippen LogP contribution in [0.25, 0.3) is 11.0 Å². The molecule has 1 fully saturated rings. The van der Waals surface area contributed by atoms with E-state index in [1.807, 2.05) is 29.2 Å². The van der Waals surface area contributed by atoms with E-state index in [0.29, 0.717) is 13.1 Å². The first kappa shape index (κ1) is 14.6. The molecule has 1 aromatic carbocycles. The van der Waals surface area contributed by atoms with E-state index in [2.05, 4.69) is 25.1 Å². The molecule has 2 aliphatic rings. The minimum Gasteiger partial charge on any atom is -0.332 e. The van der Waals surface area contributed by atoms with Crippen LogP contribution in [0.2, 0.25) is 0 Å². The van der Waals surface area contributed by atoms with Gasteiger partial charge in [-0.05, 0) is 30.9 Å². The standard InChI is InChI=1S/C17H19N7O/c25-17(11-24-14-4-2-1-3-13(14)18-21-24)22-7-8-23-15(9-12-5-6-12)19-20-16(23)10-22/h1-4,12H,5-11H2. The second-order valence-electron chi connectivity index (χ2n) is 6.88. The Bertz CT molecular complexity index is 940. The molecule has 1 saturated carbocycles. The Morgan fingerprint density at radius 2 is 2.00 bits per heavy atom. The molecule has 8 heteroatoms. The van der Waals surface area contributed by atoms with Crippen LogP contribution in [0, 0.1) is 5.92 Å². The van der Waals surface area contributed by atoms with Crippen molar-refractivity contribution in [3.8, 4) is 0 Å². The Kier molecular flexibility index (Phi) is 3.29. The maximum atomic E-state index is 12.7. The molecule has 25 heavy (non-hydrogen) atoms. The summed E-state index contributed by atoms with van der Waals surface area (Å²) in [6.07, 6.45) is 3.63. The number of nitrogens with zero attached hydrogens (tertiary/aromatic N) is 7. The fraction of sp³-hybridized carbons (Fsp3) is 0.471. The summed E-state index contributed by atoms with van der Waals surface area (Å²) in [7, 11) is 0. The zero-order valence-electron chi connectivity index (χ0n) is 13.9. The molecule has 0 saturated heterocycles. The van der Waals surface area contributed by atoms with Gasteiger partial charge in [-0.2, -0.15) is 0 Å². The molecule has 3 heterocycles. The molecule has 2 aromatic heterocycles. The summed E-state index contributed by atoms with van der Waals surface area (Å²) in [5.41, 5.74) is 1.68. The monoisotopic (exact) mass is 337 g/mol. The number of amides is 1. The molecule has 1 aliphatic carbocycles. The number of rotatable bonds is 4. The number of para-hydroxylation sites is 1. The lowest BCUT2D eigenvalue weighted by Crippen LogP contribution is -2.40. The number of fused-ring (bicyclic) bond motifs is 2. The second-order valence-corrected chi connectivity index (χ2v) is 6.88. The minimum absolute atomic E-state index is 0.0358. The quantitative estimate of drug-likeness (QED) is 0.710. The number of carbonyl (C=O) groups is 1. The van der Waals surface area contributed by atoms with Crippen LogP contribution < -0.4 is 0 Å². The lowest BCUT2D eigenvalue weighted by molar-refractivity contribution is -0.133. The Hall–Kier alpha value is -2.77. The number of hydrogen-bond acceptors (Lipinski definition) is 5. The van der Waals surface area contributed by atoms with Crippen molar-refractivity contribution in [2.75, 3.05) is 6.54 Å². The first-order valence-electron chi connectivity index (χ1n) is 8.75. The van der Waals surface area contributed by atoms with E-state index >= 15 is 0 Å². The van der Waals surface area contributed by atoms with Gasteiger partial charge < -0.3 is 9.47 Å². The van der Waals surface area contributed by atoms with Crippen molar-refractivity contribution in [1.82, 2.24) is 34.7 Å². The highest BCUT2D eigenvalue weighted by Gasteiger charge is 2.28. The minimum atomic E-state index is 0.0358. The van der Waals surface area contributed by atoms with Gasteiger partial charge >= 0.3 is 0 Å². The molecule has 0 N–H and O–H groups in total. The molecule has 0 unspecified atom stereocenters. The average molecular weight is 337 g/mol. The van der Waals surface area contributed by atoms with Crippen LogP contribution >= 0.6 is 0 Å². The van der Waals surface area contributed by atoms with Crippen molar-refractivity contribution in [2.45, 2.75) is 38.9 Å². The van der Waals surface area contributed by atoms with Gasteiger partial charge in [0.05, 0.1) is 12.1 Å². The number of aromatic nitrogens is 6. The summed E-state index contributed by atoms with van der Waals surface area (Å²) in [5, 5.41) is 16.8. The number of carbonyl (C=O) groups excluding carboxylic acids is 1. The highest BCUT2D eigenvalue weighted by molar-refractivity contribution is 5.79. The van der Waals surface area contributed by atoms with Gasteiger partial charge in [0.1, 0.15) is 17.9 Å². The van der Waals surface area contributed by atoms with Gasteiger partial charge in [0.15, 0.2) is 5.82 Å². The average Bonchev–Trinajstić information content (AvgIpc) is 3.24. The van der Waals surface area contributed by atoms with Crippen LogP contribution in [0.15, 0.2) is 24.3 Å². The van der Waals surface area contributed by atoms with Crippen molar-refractivity contribution >= 4 is 16.9 Å². The van der Waals surface area contributed by atoms with Crippen LogP contribution in [0.5, 0.6) is 0 Å². The van der Waals surface area contributed by atoms with E-state index in [1.165, 1.54) is 12.8 Å². The predicted octanol–water partition coefficient (Wildman–Crippen LogP) is 1.02. The van der Waals surface area contributed by atoms with E-state index < -0.39 is 0 Å². The summed E-state index contributed by atoms with van der Waals surface area (Å²) in [5.74, 6) is 2.78. The van der Waals surface area contributed by atoms with Crippen LogP contribution in [-0.2, 0) is 30.8 Å². The molecule has 3 aromatic rings. The molecule has 1 amide bonds. The van der Waals surface area contributed by atoms with Crippen LogP contribution in [0.3, 0.4) is 0 Å². The molecule has 1 aliphatic heterocycles. The van der Waals surface area contributed by atoms with E-state index in [0.717, 1.165) is 41.6 Å². The lowest BCUT2D eigenvalue weighted by Gasteiger charge is -2.27. The van der Waals surface area contributed by atoms with Gasteiger partial charge in [0.2, 0.25) is 5.91 Å². The Balaban J connectivity index is 1.31. The predicted molar refractivity (Wildman–Crippen MR) is 89.4 cm³/mol. The molecular formula is C17H19N7O. The maximum Gasteiger partial charge on any atom is 0.244 e. The van der Waals surface area contributed by atoms with Gasteiger partial charge in [0, 0.05) is 19.5 Å². The maximum absolute atomic E-state index is 12.7. The smallest absolute Gasteiger partial charge is 0.244 e. The molecule has 0 spiro atoms. The summed E-state index contributed by atoms with van der Waals surface area (Å²) < 4.78 is 3.85. The highest BCUT2D eigenvalue weighted by Crippen LogP contribution is 2.32. The van der Waals surface area contributed by atoms with Crippen LogP contribution in [0.4, 0.5) is 0 Å². The molecular weight excluding hydrogens is 318 g/mol.